The molecule has 0 aromatic heterocycles. The van der Waals surface area contributed by atoms with Crippen molar-refractivity contribution < 1.29 is 57.1 Å². The van der Waals surface area contributed by atoms with Gasteiger partial charge in [0.2, 0.25) is 0 Å². The Morgan fingerprint density at radius 3 is 1.10 bits per heavy atom. The Morgan fingerprint density at radius 1 is 0.452 bits per heavy atom. The lowest BCUT2D eigenvalue weighted by molar-refractivity contribution is -0.288. The third-order valence-electron chi connectivity index (χ3n) is 9.87. The van der Waals surface area contributed by atoms with E-state index in [4.69, 9.17) is 37.9 Å². The lowest BCUT2D eigenvalue weighted by Crippen LogP contribution is -2.44. The van der Waals surface area contributed by atoms with Crippen LogP contribution >= 0.6 is 0 Å². The molecular weight excluding hydrogens is 793 g/mol. The number of carbonyl (C=O) groups excluding carboxylic acids is 4. The summed E-state index contributed by atoms with van der Waals surface area (Å²) in [6, 6.07) is 29.5. The summed E-state index contributed by atoms with van der Waals surface area (Å²) in [5, 5.41) is 0. The van der Waals surface area contributed by atoms with Gasteiger partial charge in [0.1, 0.15) is 11.5 Å². The lowest BCUT2D eigenvalue weighted by Gasteiger charge is -2.30. The maximum Gasteiger partial charge on any atom is 0.340 e. The second kappa shape index (κ2) is 26.2. The van der Waals surface area contributed by atoms with Gasteiger partial charge < -0.3 is 37.9 Å². The zero-order chi connectivity index (χ0) is 43.8. The third-order valence-corrected chi connectivity index (χ3v) is 9.87. The van der Waals surface area contributed by atoms with Crippen LogP contribution in [0.4, 0.5) is 0 Å². The van der Waals surface area contributed by atoms with E-state index in [0.29, 0.717) is 37.6 Å². The average molecular weight is 849 g/mol. The molecule has 0 spiro atoms. The first-order valence-electron chi connectivity index (χ1n) is 21.2. The van der Waals surface area contributed by atoms with Gasteiger partial charge in [0, 0.05) is 12.2 Å². The SMILES string of the molecule is C=CC(=O)OCCCCCCCOc1ccc(-c2ccc(C(=O)OC3OCCOC3OC(=O)c3ccc(-c4ccc(OCCCCCCCOC(=O)C=C)cc4)cc3)cc2)cc1. The monoisotopic (exact) mass is 848 g/mol. The molecule has 12 nitrogen and oxygen atoms in total. The van der Waals surface area contributed by atoms with Crippen molar-refractivity contribution in [2.45, 2.75) is 76.8 Å². The molecule has 0 N–H and O–H groups in total. The topological polar surface area (TPSA) is 142 Å². The first-order chi connectivity index (χ1) is 30.3. The van der Waals surface area contributed by atoms with Crippen LogP contribution in [0.3, 0.4) is 0 Å². The fourth-order valence-electron chi connectivity index (χ4n) is 6.41. The highest BCUT2D eigenvalue weighted by Gasteiger charge is 2.34. The van der Waals surface area contributed by atoms with Gasteiger partial charge in [-0.2, -0.15) is 0 Å². The van der Waals surface area contributed by atoms with E-state index >= 15 is 0 Å². The normalized spacial score (nSPS) is 14.5. The van der Waals surface area contributed by atoms with E-state index in [0.717, 1.165) is 98.0 Å². The number of hydrogen-bond donors (Lipinski definition) is 0. The van der Waals surface area contributed by atoms with E-state index in [1.807, 2.05) is 72.8 Å². The molecule has 1 saturated heterocycles. The second-order valence-corrected chi connectivity index (χ2v) is 14.5. The Morgan fingerprint density at radius 2 is 0.758 bits per heavy atom. The first-order valence-corrected chi connectivity index (χ1v) is 21.2. The van der Waals surface area contributed by atoms with Gasteiger partial charge in [0.05, 0.1) is 50.8 Å². The standard InChI is InChI=1S/C50H56O12/c1-3-45(51)57-33-13-9-5-7-11-31-55-43-27-23-39(24-28-43)37-15-19-41(20-16-37)47(53)61-49-50(60-36-35-59-49)62-48(54)42-21-17-38(18-22-42)40-25-29-44(30-26-40)56-32-12-8-6-10-14-34-58-46(52)4-2/h3-4,15-30,49-50H,1-2,5-14,31-36H2. The number of ether oxygens (including phenoxy) is 8. The van der Waals surface area contributed by atoms with Crippen molar-refractivity contribution in [2.75, 3.05) is 39.6 Å². The second-order valence-electron chi connectivity index (χ2n) is 14.5. The van der Waals surface area contributed by atoms with Crippen molar-refractivity contribution >= 4 is 23.9 Å². The molecule has 0 saturated carbocycles. The van der Waals surface area contributed by atoms with E-state index in [9.17, 15) is 19.2 Å². The molecule has 0 aliphatic carbocycles. The molecule has 1 aliphatic rings. The summed E-state index contributed by atoms with van der Waals surface area (Å²) < 4.78 is 44.3. The maximum absolute atomic E-state index is 13.1. The zero-order valence-electron chi connectivity index (χ0n) is 35.2. The number of esters is 4. The van der Waals surface area contributed by atoms with E-state index in [1.165, 1.54) is 12.2 Å². The van der Waals surface area contributed by atoms with Gasteiger partial charge in [0.25, 0.3) is 12.6 Å². The molecule has 1 aliphatic heterocycles. The van der Waals surface area contributed by atoms with Gasteiger partial charge in [-0.3, -0.25) is 0 Å². The Balaban J connectivity index is 1.00. The number of benzene rings is 4. The van der Waals surface area contributed by atoms with Gasteiger partial charge in [-0.15, -0.1) is 0 Å². The van der Waals surface area contributed by atoms with Crippen LogP contribution in [0, 0.1) is 0 Å². The minimum atomic E-state index is -1.25. The predicted molar refractivity (Wildman–Crippen MR) is 234 cm³/mol. The Labute approximate surface area is 363 Å². The summed E-state index contributed by atoms with van der Waals surface area (Å²) in [4.78, 5) is 48.4. The fourth-order valence-corrected chi connectivity index (χ4v) is 6.41. The molecule has 2 unspecified atom stereocenters. The van der Waals surface area contributed by atoms with Crippen LogP contribution in [0.2, 0.25) is 0 Å². The van der Waals surface area contributed by atoms with Crippen molar-refractivity contribution in [3.8, 4) is 33.8 Å². The number of rotatable bonds is 26. The minimum Gasteiger partial charge on any atom is -0.494 e. The number of hydrogen-bond acceptors (Lipinski definition) is 12. The summed E-state index contributed by atoms with van der Waals surface area (Å²) in [6.07, 6.45) is 9.52. The lowest BCUT2D eigenvalue weighted by atomic mass is 10.0. The van der Waals surface area contributed by atoms with Crippen molar-refractivity contribution in [1.29, 1.82) is 0 Å². The van der Waals surface area contributed by atoms with E-state index < -0.39 is 24.5 Å². The number of carbonyl (C=O) groups is 4. The van der Waals surface area contributed by atoms with Crippen molar-refractivity contribution in [3.05, 3.63) is 133 Å². The summed E-state index contributed by atoms with van der Waals surface area (Å²) in [6.45, 7) is 9.17. The van der Waals surface area contributed by atoms with Crippen LogP contribution in [-0.2, 0) is 38.0 Å². The van der Waals surface area contributed by atoms with Crippen LogP contribution in [0.25, 0.3) is 22.3 Å². The molecule has 0 radical (unpaired) electrons. The molecule has 5 rings (SSSR count). The summed E-state index contributed by atoms with van der Waals surface area (Å²) >= 11 is 0. The molecule has 4 aromatic rings. The van der Waals surface area contributed by atoms with Crippen LogP contribution in [0.15, 0.2) is 122 Å². The molecule has 12 heteroatoms. The summed E-state index contributed by atoms with van der Waals surface area (Å²) in [7, 11) is 0. The minimum absolute atomic E-state index is 0.164. The maximum atomic E-state index is 13.1. The third kappa shape index (κ3) is 16.0. The van der Waals surface area contributed by atoms with E-state index in [1.54, 1.807) is 24.3 Å². The van der Waals surface area contributed by atoms with Crippen LogP contribution < -0.4 is 9.47 Å². The van der Waals surface area contributed by atoms with Gasteiger partial charge in [-0.05, 0) is 96.5 Å². The average Bonchev–Trinajstić information content (AvgIpc) is 3.31. The van der Waals surface area contributed by atoms with Crippen LogP contribution in [0.1, 0.15) is 84.9 Å². The smallest absolute Gasteiger partial charge is 0.340 e. The molecule has 2 atom stereocenters. The van der Waals surface area contributed by atoms with Crippen molar-refractivity contribution in [1.82, 2.24) is 0 Å². The Bertz CT molecular complexity index is 1860. The molecule has 1 fully saturated rings. The highest BCUT2D eigenvalue weighted by molar-refractivity contribution is 5.91. The van der Waals surface area contributed by atoms with Gasteiger partial charge in [0.15, 0.2) is 0 Å². The molecule has 1 heterocycles. The highest BCUT2D eigenvalue weighted by atomic mass is 16.8. The van der Waals surface area contributed by atoms with E-state index in [-0.39, 0.29) is 25.2 Å². The van der Waals surface area contributed by atoms with Crippen molar-refractivity contribution in [3.63, 3.8) is 0 Å². The molecule has 328 valence electrons. The van der Waals surface area contributed by atoms with Gasteiger partial charge >= 0.3 is 23.9 Å². The molecule has 62 heavy (non-hydrogen) atoms. The van der Waals surface area contributed by atoms with Gasteiger partial charge in [-0.1, -0.05) is 100 Å². The van der Waals surface area contributed by atoms with E-state index in [2.05, 4.69) is 13.2 Å². The molecule has 4 aromatic carbocycles. The zero-order valence-corrected chi connectivity index (χ0v) is 35.2. The Hall–Kier alpha value is -6.24. The predicted octanol–water partition coefficient (Wildman–Crippen LogP) is 9.85. The summed E-state index contributed by atoms with van der Waals surface area (Å²) in [5.41, 5.74) is 4.33. The Kier molecular flexibility index (Phi) is 19.8. The quantitative estimate of drug-likeness (QED) is 0.0257. The summed E-state index contributed by atoms with van der Waals surface area (Å²) in [5.74, 6) is -0.508. The van der Waals surface area contributed by atoms with Crippen LogP contribution in [0.5, 0.6) is 11.5 Å². The fraction of sp³-hybridized carbons (Fsp3) is 0.360. The molecule has 0 bridgehead atoms. The first kappa shape index (κ1) is 46.8. The molecule has 0 amide bonds. The molecular formula is C50H56O12. The highest BCUT2D eigenvalue weighted by Crippen LogP contribution is 2.26. The largest absolute Gasteiger partial charge is 0.494 e. The number of unbranched alkanes of at least 4 members (excludes halogenated alkanes) is 8. The van der Waals surface area contributed by atoms with Crippen LogP contribution in [-0.4, -0.2) is 76.1 Å². The van der Waals surface area contributed by atoms with Gasteiger partial charge in [-0.25, -0.2) is 19.2 Å². The van der Waals surface area contributed by atoms with Crippen molar-refractivity contribution in [2.24, 2.45) is 0 Å².